The minimum atomic E-state index is -3.12. The predicted molar refractivity (Wildman–Crippen MR) is 65.7 cm³/mol. The highest BCUT2D eigenvalue weighted by Gasteiger charge is 2.22. The second-order valence-corrected chi connectivity index (χ2v) is 3.78. The van der Waals surface area contributed by atoms with Gasteiger partial charge in [-0.3, -0.25) is 10.1 Å². The molecule has 114 valence electrons. The average molecular weight is 302 g/mol. The van der Waals surface area contributed by atoms with E-state index in [-0.39, 0.29) is 11.3 Å². The van der Waals surface area contributed by atoms with E-state index in [1.165, 1.54) is 25.1 Å². The third-order valence-electron chi connectivity index (χ3n) is 2.22. The summed E-state index contributed by atoms with van der Waals surface area (Å²) in [5, 5.41) is 1.72. The van der Waals surface area contributed by atoms with Crippen molar-refractivity contribution in [3.05, 3.63) is 29.8 Å². The first-order valence-electron chi connectivity index (χ1n) is 5.66. The Balaban J connectivity index is 2.80. The molecular formula is C12H12F2N2O5. The number of alkyl halides is 2. The van der Waals surface area contributed by atoms with Gasteiger partial charge in [0.1, 0.15) is 11.3 Å². The Morgan fingerprint density at radius 1 is 1.24 bits per heavy atom. The molecule has 0 aliphatic heterocycles. The Bertz CT molecular complexity index is 550. The monoisotopic (exact) mass is 302 g/mol. The van der Waals surface area contributed by atoms with E-state index < -0.39 is 30.6 Å². The fraction of sp³-hybridized carbons (Fsp3) is 0.250. The van der Waals surface area contributed by atoms with Crippen LogP contribution in [-0.2, 0) is 9.53 Å². The SMILES string of the molecule is C[C@H](OC(=O)c1ccccc1OC(F)F)C(=O)NC(N)=O. The molecule has 7 nitrogen and oxygen atoms in total. The summed E-state index contributed by atoms with van der Waals surface area (Å²) in [4.78, 5) is 33.6. The van der Waals surface area contributed by atoms with Crippen molar-refractivity contribution < 1.29 is 32.6 Å². The van der Waals surface area contributed by atoms with Gasteiger partial charge in [-0.2, -0.15) is 8.78 Å². The summed E-state index contributed by atoms with van der Waals surface area (Å²) in [5.74, 6) is -2.39. The molecule has 9 heteroatoms. The number of hydrogen-bond donors (Lipinski definition) is 2. The fourth-order valence-electron chi connectivity index (χ4n) is 1.33. The molecule has 0 aliphatic rings. The van der Waals surface area contributed by atoms with Gasteiger partial charge in [0.15, 0.2) is 6.10 Å². The van der Waals surface area contributed by atoms with Gasteiger partial charge in [-0.05, 0) is 19.1 Å². The summed E-state index contributed by atoms with van der Waals surface area (Å²) in [6.07, 6.45) is -1.34. The van der Waals surface area contributed by atoms with E-state index in [1.54, 1.807) is 5.32 Å². The van der Waals surface area contributed by atoms with Gasteiger partial charge in [0.25, 0.3) is 5.91 Å². The van der Waals surface area contributed by atoms with E-state index in [1.807, 2.05) is 0 Å². The maximum atomic E-state index is 12.2. The lowest BCUT2D eigenvalue weighted by atomic mass is 10.2. The number of rotatable bonds is 5. The summed E-state index contributed by atoms with van der Waals surface area (Å²) in [6, 6.07) is 4.03. The molecule has 0 saturated heterocycles. The van der Waals surface area contributed by atoms with Crippen LogP contribution in [0.4, 0.5) is 13.6 Å². The third kappa shape index (κ3) is 5.05. The van der Waals surface area contributed by atoms with Crippen molar-refractivity contribution >= 4 is 17.9 Å². The zero-order valence-corrected chi connectivity index (χ0v) is 10.8. The number of carbonyl (C=O) groups excluding carboxylic acids is 3. The number of nitrogens with two attached hydrogens (primary N) is 1. The highest BCUT2D eigenvalue weighted by atomic mass is 19.3. The van der Waals surface area contributed by atoms with Gasteiger partial charge in [-0.25, -0.2) is 9.59 Å². The number of urea groups is 1. The summed E-state index contributed by atoms with van der Waals surface area (Å²) in [6.45, 7) is -1.93. The van der Waals surface area contributed by atoms with Gasteiger partial charge in [0.2, 0.25) is 0 Å². The molecule has 0 unspecified atom stereocenters. The van der Waals surface area contributed by atoms with Crippen LogP contribution >= 0.6 is 0 Å². The molecule has 0 heterocycles. The minimum absolute atomic E-state index is 0.281. The zero-order valence-electron chi connectivity index (χ0n) is 10.8. The molecule has 0 saturated carbocycles. The number of imide groups is 1. The molecule has 0 spiro atoms. The number of ether oxygens (including phenoxy) is 2. The molecule has 3 amide bonds. The maximum Gasteiger partial charge on any atom is 0.387 e. The topological polar surface area (TPSA) is 108 Å². The lowest BCUT2D eigenvalue weighted by Crippen LogP contribution is -2.42. The van der Waals surface area contributed by atoms with Crippen molar-refractivity contribution in [2.24, 2.45) is 5.73 Å². The number of benzene rings is 1. The standard InChI is InChI=1S/C12H12F2N2O5/c1-6(9(17)16-12(15)19)20-10(18)7-4-2-3-5-8(7)21-11(13)14/h2-6,11H,1H3,(H3,15,16,17,19)/t6-/m0/s1. The second-order valence-electron chi connectivity index (χ2n) is 3.78. The number of nitrogens with one attached hydrogen (secondary N) is 1. The first-order chi connectivity index (χ1) is 9.81. The number of primary amides is 1. The zero-order chi connectivity index (χ0) is 16.0. The minimum Gasteiger partial charge on any atom is -0.449 e. The number of amides is 3. The van der Waals surface area contributed by atoms with Crippen LogP contribution in [0.5, 0.6) is 5.75 Å². The fourth-order valence-corrected chi connectivity index (χ4v) is 1.33. The van der Waals surface area contributed by atoms with Crippen LogP contribution in [-0.4, -0.2) is 30.6 Å². The summed E-state index contributed by atoms with van der Waals surface area (Å²) in [5.41, 5.74) is 4.46. The Hall–Kier alpha value is -2.71. The van der Waals surface area contributed by atoms with Crippen LogP contribution in [0.1, 0.15) is 17.3 Å². The van der Waals surface area contributed by atoms with Crippen molar-refractivity contribution in [2.75, 3.05) is 0 Å². The van der Waals surface area contributed by atoms with E-state index in [2.05, 4.69) is 4.74 Å². The summed E-state index contributed by atoms with van der Waals surface area (Å²) >= 11 is 0. The Kier molecular flexibility index (Phi) is 5.58. The van der Waals surface area contributed by atoms with Crippen molar-refractivity contribution in [3.8, 4) is 5.75 Å². The quantitative estimate of drug-likeness (QED) is 0.790. The van der Waals surface area contributed by atoms with Crippen LogP contribution < -0.4 is 15.8 Å². The van der Waals surface area contributed by atoms with Crippen LogP contribution in [0.15, 0.2) is 24.3 Å². The van der Waals surface area contributed by atoms with Gasteiger partial charge < -0.3 is 15.2 Å². The van der Waals surface area contributed by atoms with Gasteiger partial charge >= 0.3 is 18.6 Å². The number of para-hydroxylation sites is 1. The largest absolute Gasteiger partial charge is 0.449 e. The third-order valence-corrected chi connectivity index (χ3v) is 2.22. The molecule has 0 aromatic heterocycles. The lowest BCUT2D eigenvalue weighted by molar-refractivity contribution is -0.127. The Labute approximate surface area is 118 Å². The summed E-state index contributed by atoms with van der Waals surface area (Å²) < 4.78 is 33.3. The smallest absolute Gasteiger partial charge is 0.387 e. The van der Waals surface area contributed by atoms with Crippen LogP contribution in [0.3, 0.4) is 0 Å². The van der Waals surface area contributed by atoms with E-state index in [9.17, 15) is 23.2 Å². The van der Waals surface area contributed by atoms with Crippen molar-refractivity contribution in [1.29, 1.82) is 0 Å². The van der Waals surface area contributed by atoms with Gasteiger partial charge in [-0.1, -0.05) is 12.1 Å². The second kappa shape index (κ2) is 7.17. The molecule has 0 radical (unpaired) electrons. The van der Waals surface area contributed by atoms with E-state index in [0.717, 1.165) is 6.07 Å². The predicted octanol–water partition coefficient (Wildman–Crippen LogP) is 1.03. The van der Waals surface area contributed by atoms with Crippen molar-refractivity contribution in [2.45, 2.75) is 19.6 Å². The van der Waals surface area contributed by atoms with E-state index in [0.29, 0.717) is 0 Å². The molecule has 1 aromatic carbocycles. The highest BCUT2D eigenvalue weighted by molar-refractivity contribution is 5.98. The first-order valence-corrected chi connectivity index (χ1v) is 5.66. The summed E-state index contributed by atoms with van der Waals surface area (Å²) in [7, 11) is 0. The normalized spacial score (nSPS) is 11.6. The highest BCUT2D eigenvalue weighted by Crippen LogP contribution is 2.21. The number of halogens is 2. The number of hydrogen-bond acceptors (Lipinski definition) is 5. The Morgan fingerprint density at radius 2 is 1.86 bits per heavy atom. The van der Waals surface area contributed by atoms with Crippen LogP contribution in [0.2, 0.25) is 0 Å². The van der Waals surface area contributed by atoms with Gasteiger partial charge in [0, 0.05) is 0 Å². The molecule has 0 aliphatic carbocycles. The molecule has 3 N–H and O–H groups in total. The molecule has 1 aromatic rings. The van der Waals surface area contributed by atoms with Gasteiger partial charge in [-0.15, -0.1) is 0 Å². The average Bonchev–Trinajstić information content (AvgIpc) is 2.37. The molecule has 0 bridgehead atoms. The van der Waals surface area contributed by atoms with Crippen molar-refractivity contribution in [3.63, 3.8) is 0 Å². The van der Waals surface area contributed by atoms with Crippen molar-refractivity contribution in [1.82, 2.24) is 5.32 Å². The van der Waals surface area contributed by atoms with E-state index >= 15 is 0 Å². The molecule has 21 heavy (non-hydrogen) atoms. The van der Waals surface area contributed by atoms with Gasteiger partial charge in [0.05, 0.1) is 0 Å². The van der Waals surface area contributed by atoms with Crippen LogP contribution in [0, 0.1) is 0 Å². The molecule has 0 fully saturated rings. The number of carbonyl (C=O) groups is 3. The molecule has 1 rings (SSSR count). The maximum absolute atomic E-state index is 12.2. The molecule has 1 atom stereocenters. The lowest BCUT2D eigenvalue weighted by Gasteiger charge is -2.14. The first kappa shape index (κ1) is 16.3. The van der Waals surface area contributed by atoms with Crippen LogP contribution in [0.25, 0.3) is 0 Å². The number of esters is 1. The molecular weight excluding hydrogens is 290 g/mol. The Morgan fingerprint density at radius 3 is 2.43 bits per heavy atom. The van der Waals surface area contributed by atoms with E-state index in [4.69, 9.17) is 10.5 Å².